The quantitative estimate of drug-likeness (QED) is 0.713. The van der Waals surface area contributed by atoms with Gasteiger partial charge in [-0.3, -0.25) is 9.00 Å². The highest BCUT2D eigenvalue weighted by molar-refractivity contribution is 9.10. The molecule has 0 unspecified atom stereocenters. The molecule has 24 heavy (non-hydrogen) atoms. The molecule has 5 nitrogen and oxygen atoms in total. The van der Waals surface area contributed by atoms with E-state index in [1.807, 2.05) is 39.8 Å². The van der Waals surface area contributed by atoms with Gasteiger partial charge in [-0.15, -0.1) is 0 Å². The zero-order chi connectivity index (χ0) is 17.9. The molecule has 134 valence electrons. The van der Waals surface area contributed by atoms with Crippen LogP contribution in [0.15, 0.2) is 16.6 Å². The van der Waals surface area contributed by atoms with Gasteiger partial charge in [0.25, 0.3) is 0 Å². The summed E-state index contributed by atoms with van der Waals surface area (Å²) in [4.78, 5) is 14.2. The van der Waals surface area contributed by atoms with E-state index in [0.29, 0.717) is 30.5 Å². The maximum atomic E-state index is 12.5. The van der Waals surface area contributed by atoms with Gasteiger partial charge in [0.1, 0.15) is 19.0 Å². The van der Waals surface area contributed by atoms with E-state index in [9.17, 15) is 9.00 Å². The van der Waals surface area contributed by atoms with Crippen LogP contribution in [0.4, 0.5) is 0 Å². The Morgan fingerprint density at radius 2 is 1.71 bits per heavy atom. The van der Waals surface area contributed by atoms with E-state index < -0.39 is 10.8 Å². The molecule has 1 amide bonds. The van der Waals surface area contributed by atoms with E-state index in [1.165, 1.54) is 0 Å². The Bertz CT molecular complexity index is 625. The van der Waals surface area contributed by atoms with Crippen LogP contribution in [-0.2, 0) is 21.3 Å². The molecule has 1 atom stereocenters. The van der Waals surface area contributed by atoms with Gasteiger partial charge >= 0.3 is 0 Å². The first-order valence-corrected chi connectivity index (χ1v) is 10.3. The minimum absolute atomic E-state index is 0.0250. The molecule has 1 aromatic carbocycles. The summed E-state index contributed by atoms with van der Waals surface area (Å²) in [5.74, 6) is 1.59. The fourth-order valence-electron chi connectivity index (χ4n) is 2.83. The van der Waals surface area contributed by atoms with Crippen molar-refractivity contribution in [1.29, 1.82) is 0 Å². The summed E-state index contributed by atoms with van der Waals surface area (Å²) in [7, 11) is -1.28. The average molecular weight is 418 g/mol. The lowest BCUT2D eigenvalue weighted by atomic mass is 10.2. The lowest BCUT2D eigenvalue weighted by Gasteiger charge is -2.30. The number of hydrogen-bond donors (Lipinski definition) is 0. The minimum atomic E-state index is -1.28. The van der Waals surface area contributed by atoms with Crippen LogP contribution in [-0.4, -0.2) is 46.1 Å². The molecule has 0 saturated heterocycles. The van der Waals surface area contributed by atoms with E-state index in [-0.39, 0.29) is 23.7 Å². The third-order valence-electron chi connectivity index (χ3n) is 3.71. The SMILES string of the molecule is CC(C)N(C(=O)C[S@@](=O)Cc1cc2c(cc1Br)OCCO2)C(C)C. The molecule has 1 aliphatic rings. The van der Waals surface area contributed by atoms with Gasteiger partial charge in [0.2, 0.25) is 5.91 Å². The van der Waals surface area contributed by atoms with Gasteiger partial charge in [-0.1, -0.05) is 15.9 Å². The first-order valence-electron chi connectivity index (χ1n) is 8.03. The van der Waals surface area contributed by atoms with E-state index in [4.69, 9.17) is 9.47 Å². The van der Waals surface area contributed by atoms with E-state index in [1.54, 1.807) is 4.90 Å². The number of nitrogens with zero attached hydrogens (tertiary/aromatic N) is 1. The van der Waals surface area contributed by atoms with Gasteiger partial charge in [-0.2, -0.15) is 0 Å². The Hall–Kier alpha value is -1.08. The average Bonchev–Trinajstić information content (AvgIpc) is 2.46. The molecule has 7 heteroatoms. The summed E-state index contributed by atoms with van der Waals surface area (Å²) in [6.07, 6.45) is 0. The van der Waals surface area contributed by atoms with Crippen LogP contribution in [0.3, 0.4) is 0 Å². The van der Waals surface area contributed by atoms with Crippen LogP contribution in [0.1, 0.15) is 33.3 Å². The molecule has 0 fully saturated rings. The molecule has 0 bridgehead atoms. The molecule has 0 radical (unpaired) electrons. The molecule has 0 saturated carbocycles. The molecule has 1 heterocycles. The second-order valence-electron chi connectivity index (χ2n) is 6.30. The molecule has 2 rings (SSSR count). The van der Waals surface area contributed by atoms with Crippen molar-refractivity contribution < 1.29 is 18.5 Å². The molecule has 0 spiro atoms. The number of ether oxygens (including phenoxy) is 2. The molecule has 0 N–H and O–H groups in total. The topological polar surface area (TPSA) is 55.8 Å². The lowest BCUT2D eigenvalue weighted by Crippen LogP contribution is -2.44. The van der Waals surface area contributed by atoms with Crippen molar-refractivity contribution >= 4 is 32.6 Å². The maximum absolute atomic E-state index is 12.5. The van der Waals surface area contributed by atoms with Crippen molar-refractivity contribution in [3.8, 4) is 11.5 Å². The largest absolute Gasteiger partial charge is 0.486 e. The van der Waals surface area contributed by atoms with Crippen LogP contribution in [0.2, 0.25) is 0 Å². The summed E-state index contributed by atoms with van der Waals surface area (Å²) in [5, 5.41) is 0. The van der Waals surface area contributed by atoms with Crippen molar-refractivity contribution in [3.05, 3.63) is 22.2 Å². The highest BCUT2D eigenvalue weighted by atomic mass is 79.9. The van der Waals surface area contributed by atoms with Crippen molar-refractivity contribution in [2.75, 3.05) is 19.0 Å². The monoisotopic (exact) mass is 417 g/mol. The van der Waals surface area contributed by atoms with E-state index >= 15 is 0 Å². The summed E-state index contributed by atoms with van der Waals surface area (Å²) < 4.78 is 24.4. The van der Waals surface area contributed by atoms with Crippen LogP contribution < -0.4 is 9.47 Å². The van der Waals surface area contributed by atoms with Crippen molar-refractivity contribution in [1.82, 2.24) is 4.90 Å². The van der Waals surface area contributed by atoms with Crippen molar-refractivity contribution in [2.24, 2.45) is 0 Å². The number of fused-ring (bicyclic) bond motifs is 1. The first kappa shape index (κ1) is 19.2. The number of hydrogen-bond acceptors (Lipinski definition) is 4. The van der Waals surface area contributed by atoms with E-state index in [0.717, 1.165) is 10.0 Å². The first-order chi connectivity index (χ1) is 11.3. The summed E-state index contributed by atoms with van der Waals surface area (Å²) >= 11 is 3.48. The third-order valence-corrected chi connectivity index (χ3v) is 5.65. The Kier molecular flexibility index (Phi) is 6.69. The van der Waals surface area contributed by atoms with Gasteiger partial charge < -0.3 is 14.4 Å². The van der Waals surface area contributed by atoms with Crippen LogP contribution >= 0.6 is 15.9 Å². The van der Waals surface area contributed by atoms with Crippen molar-refractivity contribution in [3.63, 3.8) is 0 Å². The number of carbonyl (C=O) groups excluding carboxylic acids is 1. The Morgan fingerprint density at radius 3 is 2.25 bits per heavy atom. The summed E-state index contributed by atoms with van der Waals surface area (Å²) in [6.45, 7) is 8.92. The fourth-order valence-corrected chi connectivity index (χ4v) is 4.59. The molecular formula is C17H24BrNO4S. The number of halogens is 1. The second-order valence-corrected chi connectivity index (χ2v) is 8.62. The highest BCUT2D eigenvalue weighted by Gasteiger charge is 2.23. The predicted octanol–water partition coefficient (Wildman–Crippen LogP) is 3.11. The smallest absolute Gasteiger partial charge is 0.235 e. The summed E-state index contributed by atoms with van der Waals surface area (Å²) in [5.41, 5.74) is 0.853. The number of benzene rings is 1. The zero-order valence-electron chi connectivity index (χ0n) is 14.5. The molecule has 1 aliphatic heterocycles. The second kappa shape index (κ2) is 8.34. The Balaban J connectivity index is 2.06. The van der Waals surface area contributed by atoms with E-state index in [2.05, 4.69) is 15.9 Å². The molecule has 1 aromatic rings. The number of amides is 1. The molecule has 0 aromatic heterocycles. The van der Waals surface area contributed by atoms with Crippen molar-refractivity contribution in [2.45, 2.75) is 45.5 Å². The minimum Gasteiger partial charge on any atom is -0.486 e. The predicted molar refractivity (Wildman–Crippen MR) is 99.0 cm³/mol. The van der Waals surface area contributed by atoms with Crippen LogP contribution in [0.5, 0.6) is 11.5 Å². The normalized spacial score (nSPS) is 14.8. The van der Waals surface area contributed by atoms with Gasteiger partial charge in [-0.05, 0) is 45.4 Å². The van der Waals surface area contributed by atoms with Crippen LogP contribution in [0, 0.1) is 0 Å². The maximum Gasteiger partial charge on any atom is 0.235 e. The standard InChI is InChI=1S/C17H24BrNO4S/c1-11(2)19(12(3)4)17(20)10-24(21)9-13-7-15-16(8-14(13)18)23-6-5-22-15/h7-8,11-12H,5-6,9-10H2,1-4H3/t24-/m0/s1. The fraction of sp³-hybridized carbons (Fsp3) is 0.588. The van der Waals surface area contributed by atoms with Gasteiger partial charge in [0, 0.05) is 27.4 Å². The highest BCUT2D eigenvalue weighted by Crippen LogP contribution is 2.36. The van der Waals surface area contributed by atoms with Gasteiger partial charge in [-0.25, -0.2) is 0 Å². The number of carbonyl (C=O) groups is 1. The summed E-state index contributed by atoms with van der Waals surface area (Å²) in [6, 6.07) is 3.85. The lowest BCUT2D eigenvalue weighted by molar-refractivity contribution is -0.131. The zero-order valence-corrected chi connectivity index (χ0v) is 16.9. The third kappa shape index (κ3) is 4.72. The Morgan fingerprint density at radius 1 is 1.17 bits per heavy atom. The molecule has 0 aliphatic carbocycles. The van der Waals surface area contributed by atoms with Gasteiger partial charge in [0.15, 0.2) is 11.5 Å². The van der Waals surface area contributed by atoms with Gasteiger partial charge in [0.05, 0.1) is 5.75 Å². The molecular weight excluding hydrogens is 394 g/mol. The number of rotatable bonds is 6. The van der Waals surface area contributed by atoms with Crippen LogP contribution in [0.25, 0.3) is 0 Å². The Labute approximate surface area is 154 Å².